The summed E-state index contributed by atoms with van der Waals surface area (Å²) in [7, 11) is 1.70. The monoisotopic (exact) mass is 391 g/mol. The van der Waals surface area contributed by atoms with Crippen molar-refractivity contribution in [2.45, 2.75) is 45.7 Å². The van der Waals surface area contributed by atoms with Crippen molar-refractivity contribution in [2.24, 2.45) is 0 Å². The molecular formula is C20H29N3O5. The van der Waals surface area contributed by atoms with Crippen molar-refractivity contribution in [2.75, 3.05) is 19.0 Å². The summed E-state index contributed by atoms with van der Waals surface area (Å²) >= 11 is 0. The molecule has 1 aromatic carbocycles. The third kappa shape index (κ3) is 8.22. The third-order valence-electron chi connectivity index (χ3n) is 3.87. The van der Waals surface area contributed by atoms with Crippen LogP contribution in [0.3, 0.4) is 0 Å². The van der Waals surface area contributed by atoms with Gasteiger partial charge in [-0.25, -0.2) is 9.59 Å². The van der Waals surface area contributed by atoms with E-state index in [0.29, 0.717) is 12.1 Å². The van der Waals surface area contributed by atoms with Crippen molar-refractivity contribution in [3.05, 3.63) is 30.5 Å². The van der Waals surface area contributed by atoms with Gasteiger partial charge in [-0.2, -0.15) is 0 Å². The minimum Gasteiger partial charge on any atom is -0.497 e. The first-order valence-electron chi connectivity index (χ1n) is 9.13. The van der Waals surface area contributed by atoms with Gasteiger partial charge in [-0.15, -0.1) is 0 Å². The van der Waals surface area contributed by atoms with E-state index in [1.807, 2.05) is 24.4 Å². The van der Waals surface area contributed by atoms with Gasteiger partial charge in [0.05, 0.1) is 18.3 Å². The zero-order valence-corrected chi connectivity index (χ0v) is 16.7. The number of pyridine rings is 1. The van der Waals surface area contributed by atoms with E-state index in [9.17, 15) is 0 Å². The van der Waals surface area contributed by atoms with Crippen molar-refractivity contribution in [3.63, 3.8) is 0 Å². The van der Waals surface area contributed by atoms with E-state index >= 15 is 0 Å². The normalized spacial score (nSPS) is 11.5. The Hall–Kier alpha value is -2.87. The van der Waals surface area contributed by atoms with E-state index in [1.165, 1.54) is 0 Å². The van der Waals surface area contributed by atoms with Crippen LogP contribution in [0.2, 0.25) is 0 Å². The second-order valence-electron chi connectivity index (χ2n) is 6.66. The highest BCUT2D eigenvalue weighted by Gasteiger charge is 2.09. The molecule has 1 heterocycles. The van der Waals surface area contributed by atoms with Crippen LogP contribution < -0.4 is 15.4 Å². The molecule has 0 bridgehead atoms. The Labute approximate surface area is 164 Å². The molecule has 2 rings (SSSR count). The first-order valence-corrected chi connectivity index (χ1v) is 9.13. The minimum atomic E-state index is -1.82. The molecule has 1 aromatic heterocycles. The molecule has 4 N–H and O–H groups in total. The summed E-state index contributed by atoms with van der Waals surface area (Å²) in [6.07, 6.45) is 4.10. The first kappa shape index (κ1) is 23.2. The fourth-order valence-electron chi connectivity index (χ4n) is 2.53. The Bertz CT molecular complexity index is 768. The molecule has 0 spiro atoms. The predicted molar refractivity (Wildman–Crippen MR) is 109 cm³/mol. The van der Waals surface area contributed by atoms with Crippen LogP contribution in [0, 0.1) is 0 Å². The zero-order valence-electron chi connectivity index (χ0n) is 16.7. The Morgan fingerprint density at radius 3 is 2.43 bits per heavy atom. The SMILES string of the molecule is COc1cc(NC(C)CCCNC(C)C)c2ncccc2c1.O=C(O)C(=O)O. The molecule has 28 heavy (non-hydrogen) atoms. The molecule has 154 valence electrons. The second-order valence-corrected chi connectivity index (χ2v) is 6.66. The minimum absolute atomic E-state index is 0.395. The Kier molecular flexibility index (Phi) is 9.73. The maximum absolute atomic E-state index is 9.10. The summed E-state index contributed by atoms with van der Waals surface area (Å²) in [6.45, 7) is 7.62. The molecule has 0 amide bonds. The summed E-state index contributed by atoms with van der Waals surface area (Å²) in [5, 5.41) is 22.9. The molecule has 1 unspecified atom stereocenters. The number of benzene rings is 1. The number of nitrogens with zero attached hydrogens (tertiary/aromatic N) is 1. The fourth-order valence-corrected chi connectivity index (χ4v) is 2.53. The van der Waals surface area contributed by atoms with Crippen molar-refractivity contribution in [3.8, 4) is 5.75 Å². The smallest absolute Gasteiger partial charge is 0.414 e. The standard InChI is InChI=1S/C18H27N3O.C2H2O4/c1-13(2)19-9-5-7-14(3)21-17-12-16(22-4)11-15-8-6-10-20-18(15)17;3-1(4)2(5)6/h6,8,10-14,19,21H,5,7,9H2,1-4H3;(H,3,4)(H,5,6). The van der Waals surface area contributed by atoms with Crippen LogP contribution >= 0.6 is 0 Å². The van der Waals surface area contributed by atoms with Crippen LogP contribution in [0.15, 0.2) is 30.5 Å². The lowest BCUT2D eigenvalue weighted by Gasteiger charge is -2.18. The van der Waals surface area contributed by atoms with E-state index in [0.717, 1.165) is 41.7 Å². The lowest BCUT2D eigenvalue weighted by Crippen LogP contribution is -2.25. The Morgan fingerprint density at radius 2 is 1.86 bits per heavy atom. The Balaban J connectivity index is 0.000000568. The topological polar surface area (TPSA) is 121 Å². The van der Waals surface area contributed by atoms with Crippen molar-refractivity contribution in [1.29, 1.82) is 0 Å². The summed E-state index contributed by atoms with van der Waals surface area (Å²) in [6, 6.07) is 9.00. The third-order valence-corrected chi connectivity index (χ3v) is 3.87. The van der Waals surface area contributed by atoms with Gasteiger partial charge in [-0.3, -0.25) is 4.98 Å². The molecule has 8 nitrogen and oxygen atoms in total. The quantitative estimate of drug-likeness (QED) is 0.400. The number of hydrogen-bond donors (Lipinski definition) is 4. The van der Waals surface area contributed by atoms with Crippen molar-refractivity contribution >= 4 is 28.5 Å². The maximum atomic E-state index is 9.10. The molecule has 0 aliphatic rings. The van der Waals surface area contributed by atoms with Crippen LogP contribution in [0.5, 0.6) is 5.75 Å². The maximum Gasteiger partial charge on any atom is 0.414 e. The summed E-state index contributed by atoms with van der Waals surface area (Å²) in [5.74, 6) is -2.79. The van der Waals surface area contributed by atoms with Crippen molar-refractivity contribution in [1.82, 2.24) is 10.3 Å². The molecule has 0 aliphatic heterocycles. The number of ether oxygens (including phenoxy) is 1. The number of methoxy groups -OCH3 is 1. The van der Waals surface area contributed by atoms with Gasteiger partial charge in [-0.05, 0) is 38.4 Å². The average molecular weight is 391 g/mol. The molecule has 1 atom stereocenters. The molecule has 0 saturated carbocycles. The lowest BCUT2D eigenvalue weighted by molar-refractivity contribution is -0.159. The fraction of sp³-hybridized carbons (Fsp3) is 0.450. The number of carboxylic acid groups (broad SMARTS) is 2. The summed E-state index contributed by atoms with van der Waals surface area (Å²) < 4.78 is 5.39. The van der Waals surface area contributed by atoms with Crippen LogP contribution in [0.25, 0.3) is 10.9 Å². The van der Waals surface area contributed by atoms with Crippen LogP contribution in [0.1, 0.15) is 33.6 Å². The molecule has 0 radical (unpaired) electrons. The molecule has 8 heteroatoms. The van der Waals surface area contributed by atoms with Gasteiger partial charge < -0.3 is 25.6 Å². The number of hydrogen-bond acceptors (Lipinski definition) is 6. The first-order chi connectivity index (χ1) is 13.2. The zero-order chi connectivity index (χ0) is 21.1. The van der Waals surface area contributed by atoms with Crippen LogP contribution in [-0.4, -0.2) is 52.9 Å². The summed E-state index contributed by atoms with van der Waals surface area (Å²) in [4.78, 5) is 22.7. The van der Waals surface area contributed by atoms with Crippen LogP contribution in [-0.2, 0) is 9.59 Å². The number of aromatic nitrogens is 1. The lowest BCUT2D eigenvalue weighted by atomic mass is 10.1. The van der Waals surface area contributed by atoms with Gasteiger partial charge in [0.2, 0.25) is 0 Å². The number of carboxylic acids is 2. The number of fused-ring (bicyclic) bond motifs is 1. The average Bonchev–Trinajstić information content (AvgIpc) is 2.65. The highest BCUT2D eigenvalue weighted by molar-refractivity contribution is 6.27. The summed E-state index contributed by atoms with van der Waals surface area (Å²) in [5.41, 5.74) is 2.04. The molecule has 0 saturated heterocycles. The van der Waals surface area contributed by atoms with E-state index in [4.69, 9.17) is 24.5 Å². The Morgan fingerprint density at radius 1 is 1.18 bits per heavy atom. The van der Waals surface area contributed by atoms with E-state index in [-0.39, 0.29) is 0 Å². The van der Waals surface area contributed by atoms with Gasteiger partial charge >= 0.3 is 11.9 Å². The van der Waals surface area contributed by atoms with Crippen LogP contribution in [0.4, 0.5) is 5.69 Å². The van der Waals surface area contributed by atoms with Gasteiger partial charge in [0, 0.05) is 29.7 Å². The van der Waals surface area contributed by atoms with Gasteiger partial charge in [-0.1, -0.05) is 19.9 Å². The molecule has 0 fully saturated rings. The van der Waals surface area contributed by atoms with E-state index in [1.54, 1.807) is 7.11 Å². The number of aliphatic carboxylic acids is 2. The van der Waals surface area contributed by atoms with Gasteiger partial charge in [0.25, 0.3) is 0 Å². The predicted octanol–water partition coefficient (Wildman–Crippen LogP) is 2.98. The highest BCUT2D eigenvalue weighted by Crippen LogP contribution is 2.28. The van der Waals surface area contributed by atoms with Gasteiger partial charge in [0.1, 0.15) is 5.75 Å². The number of anilines is 1. The number of nitrogens with one attached hydrogen (secondary N) is 2. The number of carbonyl (C=O) groups is 2. The van der Waals surface area contributed by atoms with Gasteiger partial charge in [0.15, 0.2) is 0 Å². The van der Waals surface area contributed by atoms with Crippen molar-refractivity contribution < 1.29 is 24.5 Å². The molecule has 0 aliphatic carbocycles. The molecule has 2 aromatic rings. The number of rotatable bonds is 8. The largest absolute Gasteiger partial charge is 0.497 e. The highest BCUT2D eigenvalue weighted by atomic mass is 16.5. The second kappa shape index (κ2) is 11.8. The van der Waals surface area contributed by atoms with E-state index < -0.39 is 11.9 Å². The van der Waals surface area contributed by atoms with E-state index in [2.05, 4.69) is 42.5 Å². The molecular weight excluding hydrogens is 362 g/mol.